The minimum Gasteiger partial charge on any atom is -0.357 e. The molecule has 7 heteroatoms. The van der Waals surface area contributed by atoms with Gasteiger partial charge in [0.2, 0.25) is 0 Å². The van der Waals surface area contributed by atoms with Crippen molar-refractivity contribution in [3.63, 3.8) is 0 Å². The van der Waals surface area contributed by atoms with Gasteiger partial charge in [0.05, 0.1) is 6.54 Å². The lowest BCUT2D eigenvalue weighted by Crippen LogP contribution is -2.49. The van der Waals surface area contributed by atoms with Gasteiger partial charge in [0.1, 0.15) is 0 Å². The zero-order valence-corrected chi connectivity index (χ0v) is 18.8. The van der Waals surface area contributed by atoms with E-state index in [1.165, 1.54) is 0 Å². The molecule has 0 aliphatic carbocycles. The number of anilines is 1. The molecule has 0 saturated carbocycles. The van der Waals surface area contributed by atoms with E-state index in [4.69, 9.17) is 4.99 Å². The van der Waals surface area contributed by atoms with Gasteiger partial charge < -0.3 is 20.4 Å². The third kappa shape index (κ3) is 6.29. The number of rotatable bonds is 5. The van der Waals surface area contributed by atoms with Gasteiger partial charge in [0.15, 0.2) is 5.96 Å². The van der Waals surface area contributed by atoms with E-state index in [9.17, 15) is 4.79 Å². The predicted octanol–water partition coefficient (Wildman–Crippen LogP) is 3.85. The van der Waals surface area contributed by atoms with Gasteiger partial charge in [-0.15, -0.1) is 0 Å². The number of urea groups is 1. The van der Waals surface area contributed by atoms with Crippen molar-refractivity contribution in [2.45, 2.75) is 45.4 Å². The van der Waals surface area contributed by atoms with E-state index in [0.717, 1.165) is 68.5 Å². The molecule has 1 aromatic carbocycles. The normalized spacial score (nSPS) is 20.3. The molecule has 2 amide bonds. The van der Waals surface area contributed by atoms with E-state index in [1.807, 2.05) is 23.1 Å². The fourth-order valence-electron chi connectivity index (χ4n) is 3.73. The van der Waals surface area contributed by atoms with Crippen LogP contribution in [0.3, 0.4) is 0 Å². The minimum absolute atomic E-state index is 0.00188. The summed E-state index contributed by atoms with van der Waals surface area (Å²) in [5, 5.41) is 7.13. The van der Waals surface area contributed by atoms with Crippen molar-refractivity contribution >= 4 is 29.4 Å². The Hall–Kier alpha value is -1.89. The van der Waals surface area contributed by atoms with Gasteiger partial charge in [-0.25, -0.2) is 9.79 Å². The number of nitrogens with one attached hydrogen (secondary N) is 2. The quantitative estimate of drug-likeness (QED) is 0.564. The van der Waals surface area contributed by atoms with Gasteiger partial charge in [-0.2, -0.15) is 11.8 Å². The van der Waals surface area contributed by atoms with Crippen molar-refractivity contribution in [2.24, 2.45) is 10.9 Å². The lowest BCUT2D eigenvalue weighted by Gasteiger charge is -2.36. The first-order valence-corrected chi connectivity index (χ1v) is 11.9. The van der Waals surface area contributed by atoms with Gasteiger partial charge in [-0.05, 0) is 43.4 Å². The summed E-state index contributed by atoms with van der Waals surface area (Å²) < 4.78 is 0. The fraction of sp³-hybridized carbons (Fsp3) is 0.636. The summed E-state index contributed by atoms with van der Waals surface area (Å²) in [6, 6.07) is 8.04. The van der Waals surface area contributed by atoms with Crippen LogP contribution >= 0.6 is 11.8 Å². The number of amides is 2. The molecule has 2 aliphatic rings. The SMILES string of the molecule is CCNC(=NCc1cccc(NC(=O)N2CCCC2)c1)N1CCSC(C(C)C)C1. The van der Waals surface area contributed by atoms with Gasteiger partial charge in [0.25, 0.3) is 0 Å². The van der Waals surface area contributed by atoms with Crippen molar-refractivity contribution in [3.05, 3.63) is 29.8 Å². The van der Waals surface area contributed by atoms with Crippen molar-refractivity contribution in [1.82, 2.24) is 15.1 Å². The highest BCUT2D eigenvalue weighted by molar-refractivity contribution is 8.00. The maximum Gasteiger partial charge on any atom is 0.321 e. The number of thioether (sulfide) groups is 1. The molecule has 1 unspecified atom stereocenters. The number of benzene rings is 1. The Morgan fingerprint density at radius 1 is 1.24 bits per heavy atom. The highest BCUT2D eigenvalue weighted by Gasteiger charge is 2.24. The third-order valence-electron chi connectivity index (χ3n) is 5.45. The van der Waals surface area contributed by atoms with Crippen LogP contribution < -0.4 is 10.6 Å². The van der Waals surface area contributed by atoms with Crippen LogP contribution in [-0.2, 0) is 6.54 Å². The molecule has 1 atom stereocenters. The zero-order chi connectivity index (χ0) is 20.6. The van der Waals surface area contributed by atoms with Gasteiger partial charge in [0, 0.05) is 49.4 Å². The molecular formula is C22H35N5OS. The molecule has 2 aliphatic heterocycles. The van der Waals surface area contributed by atoms with Crippen molar-refractivity contribution in [2.75, 3.05) is 43.8 Å². The number of guanidine groups is 1. The smallest absolute Gasteiger partial charge is 0.321 e. The van der Waals surface area contributed by atoms with Gasteiger partial charge in [-0.1, -0.05) is 26.0 Å². The van der Waals surface area contributed by atoms with Crippen LogP contribution in [0.15, 0.2) is 29.3 Å². The van der Waals surface area contributed by atoms with Crippen LogP contribution in [0.2, 0.25) is 0 Å². The highest BCUT2D eigenvalue weighted by atomic mass is 32.2. The summed E-state index contributed by atoms with van der Waals surface area (Å²) in [4.78, 5) is 21.5. The Labute approximate surface area is 179 Å². The summed E-state index contributed by atoms with van der Waals surface area (Å²) in [7, 11) is 0. The largest absolute Gasteiger partial charge is 0.357 e. The molecule has 6 nitrogen and oxygen atoms in total. The standard InChI is InChI=1S/C22H35N5OS/c1-4-23-21(27-12-13-29-20(16-27)17(2)3)24-15-18-8-7-9-19(14-18)25-22(28)26-10-5-6-11-26/h7-9,14,17,20H,4-6,10-13,15-16H2,1-3H3,(H,23,24)(H,25,28). The Morgan fingerprint density at radius 2 is 2.03 bits per heavy atom. The van der Waals surface area contributed by atoms with E-state index in [1.54, 1.807) is 0 Å². The first kappa shape index (κ1) is 21.8. The van der Waals surface area contributed by atoms with Crippen LogP contribution in [0.4, 0.5) is 10.5 Å². The number of aliphatic imine (C=N–C) groups is 1. The summed E-state index contributed by atoms with van der Waals surface area (Å²) in [6.07, 6.45) is 2.20. The molecule has 0 radical (unpaired) electrons. The number of carbonyl (C=O) groups excluding carboxylic acids is 1. The summed E-state index contributed by atoms with van der Waals surface area (Å²) >= 11 is 2.07. The number of hydrogen-bond acceptors (Lipinski definition) is 3. The topological polar surface area (TPSA) is 60.0 Å². The van der Waals surface area contributed by atoms with Crippen molar-refractivity contribution < 1.29 is 4.79 Å². The van der Waals surface area contributed by atoms with Crippen molar-refractivity contribution in [1.29, 1.82) is 0 Å². The summed E-state index contributed by atoms with van der Waals surface area (Å²) in [5.74, 6) is 2.80. The van der Waals surface area contributed by atoms with E-state index < -0.39 is 0 Å². The zero-order valence-electron chi connectivity index (χ0n) is 18.0. The van der Waals surface area contributed by atoms with Crippen LogP contribution in [0, 0.1) is 5.92 Å². The molecule has 160 valence electrons. The Balaban J connectivity index is 1.63. The molecule has 1 aromatic rings. The van der Waals surface area contributed by atoms with E-state index >= 15 is 0 Å². The predicted molar refractivity (Wildman–Crippen MR) is 124 cm³/mol. The molecule has 3 rings (SSSR count). The average Bonchev–Trinajstić information content (AvgIpc) is 3.26. The number of hydrogen-bond donors (Lipinski definition) is 2. The van der Waals surface area contributed by atoms with Gasteiger partial charge >= 0.3 is 6.03 Å². The van der Waals surface area contributed by atoms with E-state index in [2.05, 4.69) is 54.1 Å². The summed E-state index contributed by atoms with van der Waals surface area (Å²) in [6.45, 7) is 12.0. The fourth-order valence-corrected chi connectivity index (χ4v) is 5.03. The summed E-state index contributed by atoms with van der Waals surface area (Å²) in [5.41, 5.74) is 1.94. The minimum atomic E-state index is 0.00188. The molecule has 2 saturated heterocycles. The first-order valence-electron chi connectivity index (χ1n) is 10.9. The van der Waals surface area contributed by atoms with Crippen LogP contribution in [0.25, 0.3) is 0 Å². The number of nitrogens with zero attached hydrogens (tertiary/aromatic N) is 3. The van der Waals surface area contributed by atoms with Crippen molar-refractivity contribution in [3.8, 4) is 0 Å². The molecule has 29 heavy (non-hydrogen) atoms. The number of carbonyl (C=O) groups is 1. The van der Waals surface area contributed by atoms with Crippen LogP contribution in [0.5, 0.6) is 0 Å². The van der Waals surface area contributed by atoms with E-state index in [0.29, 0.717) is 17.7 Å². The molecule has 2 heterocycles. The average molecular weight is 418 g/mol. The Morgan fingerprint density at radius 3 is 2.76 bits per heavy atom. The highest BCUT2D eigenvalue weighted by Crippen LogP contribution is 2.25. The lowest BCUT2D eigenvalue weighted by atomic mass is 10.1. The van der Waals surface area contributed by atoms with Crippen LogP contribution in [0.1, 0.15) is 39.2 Å². The monoisotopic (exact) mass is 417 g/mol. The molecule has 0 spiro atoms. The van der Waals surface area contributed by atoms with Crippen LogP contribution in [-0.4, -0.2) is 65.5 Å². The molecule has 0 bridgehead atoms. The second-order valence-electron chi connectivity index (χ2n) is 8.09. The second kappa shape index (κ2) is 10.8. The van der Waals surface area contributed by atoms with Gasteiger partial charge in [-0.3, -0.25) is 0 Å². The lowest BCUT2D eigenvalue weighted by molar-refractivity contribution is 0.222. The molecule has 0 aromatic heterocycles. The molecule has 2 N–H and O–H groups in total. The molecular weight excluding hydrogens is 382 g/mol. The Bertz CT molecular complexity index is 702. The maximum atomic E-state index is 12.3. The second-order valence-corrected chi connectivity index (χ2v) is 9.44. The maximum absolute atomic E-state index is 12.3. The molecule has 2 fully saturated rings. The Kier molecular flexibility index (Phi) is 8.09. The van der Waals surface area contributed by atoms with E-state index in [-0.39, 0.29) is 6.03 Å². The first-order chi connectivity index (χ1) is 14.1. The third-order valence-corrected chi connectivity index (χ3v) is 6.99. The number of likely N-dealkylation sites (tertiary alicyclic amines) is 1.